The number of amidine groups is 1. The molecular weight excluding hydrogens is 489 g/mol. The fourth-order valence-corrected chi connectivity index (χ4v) is 4.21. The number of benzene rings is 1. The SMILES string of the molecule is CCOC(=O)C1=C(CN2CCOCC2C(=O)O)NC(C(=N)SC=N)=NC1c1ccc(F)cc1Cl. The number of morpholine rings is 1. The number of carboxylic acid groups (broad SMARTS) is 1. The molecule has 2 aliphatic heterocycles. The van der Waals surface area contributed by atoms with E-state index in [9.17, 15) is 19.1 Å². The molecule has 0 aliphatic carbocycles. The molecule has 10 nitrogen and oxygen atoms in total. The number of hydrogen-bond donors (Lipinski definition) is 4. The van der Waals surface area contributed by atoms with Crippen molar-refractivity contribution in [2.75, 3.05) is 32.9 Å². The molecule has 0 aromatic heterocycles. The molecule has 2 heterocycles. The predicted molar refractivity (Wildman–Crippen MR) is 126 cm³/mol. The first-order chi connectivity index (χ1) is 16.3. The smallest absolute Gasteiger partial charge is 0.338 e. The van der Waals surface area contributed by atoms with Gasteiger partial charge in [-0.05, 0) is 19.1 Å². The maximum absolute atomic E-state index is 13.7. The lowest BCUT2D eigenvalue weighted by Crippen LogP contribution is -2.52. The zero-order valence-electron chi connectivity index (χ0n) is 18.1. The third-order valence-electron chi connectivity index (χ3n) is 5.16. The van der Waals surface area contributed by atoms with E-state index >= 15 is 0 Å². The lowest BCUT2D eigenvalue weighted by atomic mass is 9.95. The van der Waals surface area contributed by atoms with Crippen molar-refractivity contribution in [1.29, 1.82) is 10.8 Å². The Balaban J connectivity index is 2.14. The second kappa shape index (κ2) is 11.6. The number of hydrogen-bond acceptors (Lipinski definition) is 10. The van der Waals surface area contributed by atoms with E-state index in [1.165, 1.54) is 12.1 Å². The van der Waals surface area contributed by atoms with Gasteiger partial charge in [-0.25, -0.2) is 9.18 Å². The predicted octanol–water partition coefficient (Wildman–Crippen LogP) is 2.44. The van der Waals surface area contributed by atoms with Crippen LogP contribution >= 0.6 is 23.4 Å². The first-order valence-electron chi connectivity index (χ1n) is 10.3. The second-order valence-corrected chi connectivity index (χ2v) is 8.53. The largest absolute Gasteiger partial charge is 0.480 e. The summed E-state index contributed by atoms with van der Waals surface area (Å²) in [5.74, 6) is -2.29. The van der Waals surface area contributed by atoms with Crippen LogP contribution in [0.15, 0.2) is 34.5 Å². The van der Waals surface area contributed by atoms with Gasteiger partial charge in [0.15, 0.2) is 5.84 Å². The molecule has 2 aliphatic rings. The maximum Gasteiger partial charge on any atom is 0.338 e. The van der Waals surface area contributed by atoms with Crippen molar-refractivity contribution in [2.24, 2.45) is 4.99 Å². The first kappa shape index (κ1) is 25.8. The molecule has 0 radical (unpaired) electrons. The van der Waals surface area contributed by atoms with Gasteiger partial charge in [0, 0.05) is 29.4 Å². The van der Waals surface area contributed by atoms with E-state index in [1.54, 1.807) is 11.8 Å². The van der Waals surface area contributed by atoms with Crippen LogP contribution in [0.5, 0.6) is 0 Å². The van der Waals surface area contributed by atoms with Crippen molar-refractivity contribution >= 4 is 51.7 Å². The van der Waals surface area contributed by atoms with Gasteiger partial charge in [0.25, 0.3) is 0 Å². The number of ether oxygens (including phenoxy) is 2. The molecule has 2 unspecified atom stereocenters. The van der Waals surface area contributed by atoms with Crippen molar-refractivity contribution in [3.05, 3.63) is 45.9 Å². The van der Waals surface area contributed by atoms with E-state index in [0.29, 0.717) is 18.7 Å². The molecule has 0 amide bonds. The number of thioether (sulfide) groups is 1. The Morgan fingerprint density at radius 3 is 2.91 bits per heavy atom. The van der Waals surface area contributed by atoms with Crippen LogP contribution in [0, 0.1) is 16.6 Å². The van der Waals surface area contributed by atoms with Crippen LogP contribution < -0.4 is 5.32 Å². The Bertz CT molecular complexity index is 1070. The van der Waals surface area contributed by atoms with Gasteiger partial charge in [0.05, 0.1) is 30.9 Å². The van der Waals surface area contributed by atoms with E-state index in [1.807, 2.05) is 0 Å². The number of aliphatic imine (C=N–C) groups is 1. The number of rotatable bonds is 8. The molecule has 1 fully saturated rings. The van der Waals surface area contributed by atoms with Crippen molar-refractivity contribution in [2.45, 2.75) is 19.0 Å². The fraction of sp³-hybridized carbons (Fsp3) is 0.381. The van der Waals surface area contributed by atoms with Gasteiger partial charge in [0.2, 0.25) is 0 Å². The minimum atomic E-state index is -1.08. The lowest BCUT2D eigenvalue weighted by molar-refractivity contribution is -0.149. The quantitative estimate of drug-likeness (QED) is 0.236. The van der Waals surface area contributed by atoms with Crippen molar-refractivity contribution < 1.29 is 28.6 Å². The first-order valence-corrected chi connectivity index (χ1v) is 11.5. The highest BCUT2D eigenvalue weighted by atomic mass is 35.5. The fourth-order valence-electron chi connectivity index (χ4n) is 3.61. The Hall–Kier alpha value is -2.80. The van der Waals surface area contributed by atoms with Gasteiger partial charge < -0.3 is 25.3 Å². The number of carboxylic acids is 1. The van der Waals surface area contributed by atoms with E-state index < -0.39 is 29.8 Å². The van der Waals surface area contributed by atoms with E-state index in [4.69, 9.17) is 31.9 Å². The summed E-state index contributed by atoms with van der Waals surface area (Å²) in [6, 6.07) is 1.68. The lowest BCUT2D eigenvalue weighted by Gasteiger charge is -2.35. The van der Waals surface area contributed by atoms with Gasteiger partial charge in [-0.2, -0.15) is 0 Å². The Labute approximate surface area is 204 Å². The van der Waals surface area contributed by atoms with Crippen molar-refractivity contribution in [3.63, 3.8) is 0 Å². The average molecular weight is 512 g/mol. The van der Waals surface area contributed by atoms with Crippen molar-refractivity contribution in [3.8, 4) is 0 Å². The summed E-state index contributed by atoms with van der Waals surface area (Å²) >= 11 is 7.09. The van der Waals surface area contributed by atoms with E-state index in [0.717, 1.165) is 23.4 Å². The standard InChI is InChI=1S/C21H23ClFN5O5S/c1-2-33-21(31)16-14(8-28-5-6-32-9-15(28)20(29)30)26-19(18(25)34-10-24)27-17(16)12-4-3-11(23)7-13(12)22/h3-4,7,10,15,17,24-25H,2,5-6,8-9H2,1H3,(H,26,27)(H,29,30). The normalized spacial score (nSPS) is 20.9. The maximum atomic E-state index is 13.7. The number of nitrogens with zero attached hydrogens (tertiary/aromatic N) is 2. The third-order valence-corrected chi connectivity index (χ3v) is 6.03. The summed E-state index contributed by atoms with van der Waals surface area (Å²) in [7, 11) is 0. The average Bonchev–Trinajstić information content (AvgIpc) is 2.79. The molecule has 4 N–H and O–H groups in total. The summed E-state index contributed by atoms with van der Waals surface area (Å²) in [5, 5.41) is 28.0. The highest BCUT2D eigenvalue weighted by molar-refractivity contribution is 8.26. The summed E-state index contributed by atoms with van der Waals surface area (Å²) in [5.41, 5.74) is 1.62. The molecule has 1 aromatic carbocycles. The van der Waals surface area contributed by atoms with Crippen LogP contribution in [-0.4, -0.2) is 77.3 Å². The molecule has 2 atom stereocenters. The molecule has 1 aromatic rings. The Morgan fingerprint density at radius 2 is 2.26 bits per heavy atom. The molecule has 182 valence electrons. The molecule has 0 bridgehead atoms. The van der Waals surface area contributed by atoms with Gasteiger partial charge in [-0.3, -0.25) is 20.1 Å². The number of nitrogens with one attached hydrogen (secondary N) is 3. The van der Waals surface area contributed by atoms with Crippen LogP contribution in [0.3, 0.4) is 0 Å². The third kappa shape index (κ3) is 5.81. The highest BCUT2D eigenvalue weighted by Gasteiger charge is 2.37. The van der Waals surface area contributed by atoms with Crippen LogP contribution in [0.25, 0.3) is 0 Å². The highest BCUT2D eigenvalue weighted by Crippen LogP contribution is 2.36. The molecule has 0 saturated carbocycles. The summed E-state index contributed by atoms with van der Waals surface area (Å²) < 4.78 is 24.3. The number of halogens is 2. The number of aliphatic carboxylic acids is 1. The van der Waals surface area contributed by atoms with Gasteiger partial charge in [0.1, 0.15) is 22.9 Å². The number of carbonyl (C=O) groups is 2. The second-order valence-electron chi connectivity index (χ2n) is 7.25. The number of carbonyl (C=O) groups excluding carboxylic acids is 1. The molecule has 3 rings (SSSR count). The summed E-state index contributed by atoms with van der Waals surface area (Å²) in [6.45, 7) is 2.28. The molecule has 34 heavy (non-hydrogen) atoms. The topological polar surface area (TPSA) is 148 Å². The molecular formula is C21H23ClFN5O5S. The van der Waals surface area contributed by atoms with Crippen LogP contribution in [0.4, 0.5) is 4.39 Å². The van der Waals surface area contributed by atoms with Gasteiger partial charge in [-0.15, -0.1) is 0 Å². The minimum absolute atomic E-state index is 0.00859. The minimum Gasteiger partial charge on any atom is -0.480 e. The van der Waals surface area contributed by atoms with E-state index in [2.05, 4.69) is 10.3 Å². The van der Waals surface area contributed by atoms with E-state index in [-0.39, 0.29) is 46.9 Å². The zero-order valence-corrected chi connectivity index (χ0v) is 19.7. The van der Waals surface area contributed by atoms with Crippen LogP contribution in [-0.2, 0) is 19.1 Å². The zero-order chi connectivity index (χ0) is 24.8. The Morgan fingerprint density at radius 1 is 1.50 bits per heavy atom. The number of esters is 1. The molecule has 1 saturated heterocycles. The Kier molecular flexibility index (Phi) is 8.78. The van der Waals surface area contributed by atoms with Crippen LogP contribution in [0.2, 0.25) is 5.02 Å². The van der Waals surface area contributed by atoms with Crippen molar-refractivity contribution in [1.82, 2.24) is 10.2 Å². The molecule has 0 spiro atoms. The summed E-state index contributed by atoms with van der Waals surface area (Å²) in [6.07, 6.45) is 0. The van der Waals surface area contributed by atoms with Gasteiger partial charge in [-0.1, -0.05) is 29.4 Å². The van der Waals surface area contributed by atoms with Gasteiger partial charge >= 0.3 is 11.9 Å². The summed E-state index contributed by atoms with van der Waals surface area (Å²) in [4.78, 5) is 30.9. The monoisotopic (exact) mass is 511 g/mol. The van der Waals surface area contributed by atoms with Crippen LogP contribution in [0.1, 0.15) is 18.5 Å². The molecule has 13 heteroatoms.